The second-order valence-electron chi connectivity index (χ2n) is 5.25. The maximum Gasteiger partial charge on any atom is 0.299 e. The number of nitrogens with zero attached hydrogens (tertiary/aromatic N) is 1. The normalized spacial score (nSPS) is 15.4. The van der Waals surface area contributed by atoms with Crippen LogP contribution < -0.4 is 0 Å². The third-order valence-corrected chi connectivity index (χ3v) is 4.09. The monoisotopic (exact) mass is 327 g/mol. The maximum absolute atomic E-state index is 12.6. The molecule has 0 bridgehead atoms. The van der Waals surface area contributed by atoms with Gasteiger partial charge in [-0.3, -0.25) is 19.7 Å². The quantitative estimate of drug-likeness (QED) is 0.371. The summed E-state index contributed by atoms with van der Waals surface area (Å²) < 4.78 is 10.1. The van der Waals surface area contributed by atoms with E-state index in [0.717, 1.165) is 0 Å². The second kappa shape index (κ2) is 5.63. The Kier molecular flexibility index (Phi) is 3.75. The van der Waals surface area contributed by atoms with Crippen molar-refractivity contribution in [3.8, 4) is 11.1 Å². The van der Waals surface area contributed by atoms with Crippen molar-refractivity contribution in [3.05, 3.63) is 63.7 Å². The number of hydrogen-bond donors (Lipinski definition) is 0. The molecule has 0 amide bonds. The van der Waals surface area contributed by atoms with Gasteiger partial charge < -0.3 is 9.47 Å². The molecule has 0 heterocycles. The van der Waals surface area contributed by atoms with Crippen molar-refractivity contribution < 1.29 is 24.0 Å². The molecule has 0 saturated heterocycles. The molecule has 2 aromatic carbocycles. The van der Waals surface area contributed by atoms with Crippen LogP contribution in [-0.4, -0.2) is 36.5 Å². The highest BCUT2D eigenvalue weighted by Gasteiger charge is 2.54. The van der Waals surface area contributed by atoms with Crippen LogP contribution in [0.25, 0.3) is 11.1 Å². The van der Waals surface area contributed by atoms with Crippen molar-refractivity contribution in [2.45, 2.75) is 5.79 Å². The van der Waals surface area contributed by atoms with Crippen LogP contribution in [0.2, 0.25) is 0 Å². The van der Waals surface area contributed by atoms with E-state index in [1.165, 1.54) is 32.4 Å². The smallest absolute Gasteiger partial charge is 0.299 e. The Bertz CT molecular complexity index is 852. The molecule has 7 nitrogen and oxygen atoms in total. The van der Waals surface area contributed by atoms with E-state index in [9.17, 15) is 19.7 Å². The SMILES string of the molecule is COC1(OC)C(=O)c2ccc(-c3ccc([N+](=O)[O-])cc3)cc2C1=O. The van der Waals surface area contributed by atoms with Gasteiger partial charge in [0.25, 0.3) is 11.5 Å². The summed E-state index contributed by atoms with van der Waals surface area (Å²) >= 11 is 0. The summed E-state index contributed by atoms with van der Waals surface area (Å²) in [6.07, 6.45) is 0. The van der Waals surface area contributed by atoms with Crippen LogP contribution in [0.1, 0.15) is 20.7 Å². The number of Topliss-reactive ketones (excluding diaryl/α,β-unsaturated/α-hetero) is 2. The summed E-state index contributed by atoms with van der Waals surface area (Å²) in [4.78, 5) is 35.2. The summed E-state index contributed by atoms with van der Waals surface area (Å²) in [7, 11) is 2.48. The highest BCUT2D eigenvalue weighted by molar-refractivity contribution is 6.31. The number of non-ortho nitro benzene ring substituents is 1. The molecule has 1 aliphatic carbocycles. The zero-order valence-corrected chi connectivity index (χ0v) is 12.9. The van der Waals surface area contributed by atoms with E-state index in [1.807, 2.05) is 0 Å². The van der Waals surface area contributed by atoms with Gasteiger partial charge in [0, 0.05) is 37.5 Å². The van der Waals surface area contributed by atoms with E-state index in [1.54, 1.807) is 24.3 Å². The molecular formula is C17H13NO6. The molecule has 7 heteroatoms. The number of nitro benzene ring substituents is 1. The van der Waals surface area contributed by atoms with Crippen LogP contribution in [0.3, 0.4) is 0 Å². The fraction of sp³-hybridized carbons (Fsp3) is 0.176. The number of carbonyl (C=O) groups excluding carboxylic acids is 2. The summed E-state index contributed by atoms with van der Waals surface area (Å²) in [5.41, 5.74) is 1.77. The number of ether oxygens (including phenoxy) is 2. The van der Waals surface area contributed by atoms with E-state index < -0.39 is 22.3 Å². The molecule has 0 aromatic heterocycles. The number of rotatable bonds is 4. The van der Waals surface area contributed by atoms with E-state index in [-0.39, 0.29) is 16.8 Å². The molecular weight excluding hydrogens is 314 g/mol. The Morgan fingerprint density at radius 2 is 1.42 bits per heavy atom. The number of nitro groups is 1. The number of ketones is 2. The van der Waals surface area contributed by atoms with Gasteiger partial charge in [0.15, 0.2) is 0 Å². The number of fused-ring (bicyclic) bond motifs is 1. The minimum absolute atomic E-state index is 0.0241. The fourth-order valence-corrected chi connectivity index (χ4v) is 2.80. The lowest BCUT2D eigenvalue weighted by molar-refractivity contribution is -0.384. The van der Waals surface area contributed by atoms with Crippen LogP contribution in [0, 0.1) is 10.1 Å². The van der Waals surface area contributed by atoms with E-state index >= 15 is 0 Å². The van der Waals surface area contributed by atoms with Gasteiger partial charge >= 0.3 is 0 Å². The molecule has 0 unspecified atom stereocenters. The Labute approximate surface area is 137 Å². The largest absolute Gasteiger partial charge is 0.341 e. The van der Waals surface area contributed by atoms with Gasteiger partial charge in [-0.2, -0.15) is 0 Å². The van der Waals surface area contributed by atoms with Crippen molar-refractivity contribution in [2.24, 2.45) is 0 Å². The van der Waals surface area contributed by atoms with Crippen LogP contribution in [0.15, 0.2) is 42.5 Å². The van der Waals surface area contributed by atoms with Crippen molar-refractivity contribution in [2.75, 3.05) is 14.2 Å². The number of methoxy groups -OCH3 is 2. The van der Waals surface area contributed by atoms with Crippen molar-refractivity contribution in [3.63, 3.8) is 0 Å². The first-order valence-electron chi connectivity index (χ1n) is 7.03. The van der Waals surface area contributed by atoms with Crippen molar-refractivity contribution >= 4 is 17.3 Å². The lowest BCUT2D eigenvalue weighted by atomic mass is 10.00. The molecule has 122 valence electrons. The Morgan fingerprint density at radius 1 is 0.875 bits per heavy atom. The van der Waals surface area contributed by atoms with Gasteiger partial charge in [-0.25, -0.2) is 0 Å². The highest BCUT2D eigenvalue weighted by atomic mass is 16.7. The van der Waals surface area contributed by atoms with Gasteiger partial charge in [0.1, 0.15) is 0 Å². The number of hydrogen-bond acceptors (Lipinski definition) is 6. The summed E-state index contributed by atoms with van der Waals surface area (Å²) in [5.74, 6) is -3.03. The van der Waals surface area contributed by atoms with Gasteiger partial charge in [-0.15, -0.1) is 0 Å². The van der Waals surface area contributed by atoms with Gasteiger partial charge in [-0.05, 0) is 35.4 Å². The molecule has 0 aliphatic heterocycles. The lowest BCUT2D eigenvalue weighted by Gasteiger charge is -2.21. The number of benzene rings is 2. The molecule has 1 aliphatic rings. The first kappa shape index (κ1) is 16.0. The topological polar surface area (TPSA) is 95.7 Å². The third-order valence-electron chi connectivity index (χ3n) is 4.09. The predicted molar refractivity (Wildman–Crippen MR) is 83.9 cm³/mol. The maximum atomic E-state index is 12.6. The van der Waals surface area contributed by atoms with Crippen LogP contribution in [-0.2, 0) is 9.47 Å². The van der Waals surface area contributed by atoms with Gasteiger partial charge in [0.05, 0.1) is 4.92 Å². The Balaban J connectivity index is 2.05. The standard InChI is InChI=1S/C17H13NO6/c1-23-17(24-2)15(19)13-8-5-11(9-14(13)16(17)20)10-3-6-12(7-4-10)18(21)22/h3-9H,1-2H3. The van der Waals surface area contributed by atoms with E-state index in [2.05, 4.69) is 0 Å². The Hall–Kier alpha value is -2.90. The molecule has 0 atom stereocenters. The summed E-state index contributed by atoms with van der Waals surface area (Å²) in [6.45, 7) is 0. The van der Waals surface area contributed by atoms with Crippen LogP contribution >= 0.6 is 0 Å². The summed E-state index contributed by atoms with van der Waals surface area (Å²) in [5, 5.41) is 10.7. The zero-order chi connectivity index (χ0) is 17.5. The first-order valence-corrected chi connectivity index (χ1v) is 7.03. The summed E-state index contributed by atoms with van der Waals surface area (Å²) in [6, 6.07) is 10.7. The van der Waals surface area contributed by atoms with Crippen molar-refractivity contribution in [1.29, 1.82) is 0 Å². The van der Waals surface area contributed by atoms with Gasteiger partial charge in [0.2, 0.25) is 11.6 Å². The predicted octanol–water partition coefficient (Wildman–Crippen LogP) is 2.63. The molecule has 3 rings (SSSR count). The molecule has 2 aromatic rings. The first-order chi connectivity index (χ1) is 11.4. The van der Waals surface area contributed by atoms with Gasteiger partial charge in [-0.1, -0.05) is 6.07 Å². The van der Waals surface area contributed by atoms with Crippen LogP contribution in [0.5, 0.6) is 0 Å². The molecule has 0 spiro atoms. The lowest BCUT2D eigenvalue weighted by Crippen LogP contribution is -2.45. The average Bonchev–Trinajstić information content (AvgIpc) is 2.82. The van der Waals surface area contributed by atoms with E-state index in [4.69, 9.17) is 9.47 Å². The van der Waals surface area contributed by atoms with Crippen molar-refractivity contribution in [1.82, 2.24) is 0 Å². The molecule has 0 radical (unpaired) electrons. The molecule has 0 N–H and O–H groups in total. The fourth-order valence-electron chi connectivity index (χ4n) is 2.80. The Morgan fingerprint density at radius 3 is 1.96 bits per heavy atom. The minimum Gasteiger partial charge on any atom is -0.341 e. The minimum atomic E-state index is -1.93. The molecule has 24 heavy (non-hydrogen) atoms. The zero-order valence-electron chi connectivity index (χ0n) is 12.9. The molecule has 0 fully saturated rings. The number of carbonyl (C=O) groups is 2. The highest BCUT2D eigenvalue weighted by Crippen LogP contribution is 2.35. The van der Waals surface area contributed by atoms with E-state index in [0.29, 0.717) is 11.1 Å². The molecule has 0 saturated carbocycles. The van der Waals surface area contributed by atoms with Crippen LogP contribution in [0.4, 0.5) is 5.69 Å². The second-order valence-corrected chi connectivity index (χ2v) is 5.25. The average molecular weight is 327 g/mol. The third kappa shape index (κ3) is 2.14.